The monoisotopic (exact) mass is 336 g/mol. The van der Waals surface area contributed by atoms with E-state index in [0.29, 0.717) is 19.3 Å². The molecule has 1 aliphatic rings. The maximum atomic E-state index is 12.6. The summed E-state index contributed by atoms with van der Waals surface area (Å²) in [6.45, 7) is 15.1. The Morgan fingerprint density at radius 2 is 1.61 bits per heavy atom. The number of hydrogen-bond donors (Lipinski definition) is 2. The molecule has 1 fully saturated rings. The molecule has 0 aromatic carbocycles. The first-order valence-corrected chi connectivity index (χ1v) is 9.26. The van der Waals surface area contributed by atoms with Crippen molar-refractivity contribution in [2.45, 2.75) is 99.5 Å². The minimum absolute atomic E-state index is 0.233. The lowest BCUT2D eigenvalue weighted by molar-refractivity contribution is -0.151. The van der Waals surface area contributed by atoms with Crippen LogP contribution in [0.3, 0.4) is 0 Å². The number of carboxylic acids is 1. The molecule has 0 spiro atoms. The molecule has 0 saturated heterocycles. The fraction of sp³-hybridized carbons (Fsp3) is 0.947. The van der Waals surface area contributed by atoms with Crippen LogP contribution in [0.5, 0.6) is 0 Å². The van der Waals surface area contributed by atoms with E-state index in [1.54, 1.807) is 13.8 Å². The molecule has 0 radical (unpaired) electrons. The van der Waals surface area contributed by atoms with Crippen molar-refractivity contribution in [1.82, 2.24) is 0 Å². The molecule has 23 heavy (non-hydrogen) atoms. The standard InChI is InChI=1S/C12H21FO3.C3H8.2C2H6/c1-9(10(14)15)12(6-7-13)5-3-4-11(2,16)8-12;1-3-2;2*1-2/h9,16H,3-8H2,1-2H3,(H,14,15);3H2,1-2H3;2*1-2H3. The number of alkyl halides is 1. The van der Waals surface area contributed by atoms with Crippen LogP contribution in [0.15, 0.2) is 0 Å². The molecule has 1 rings (SSSR count). The van der Waals surface area contributed by atoms with E-state index >= 15 is 0 Å². The van der Waals surface area contributed by atoms with Crippen LogP contribution in [-0.4, -0.2) is 28.5 Å². The summed E-state index contributed by atoms with van der Waals surface area (Å²) in [6, 6.07) is 0. The van der Waals surface area contributed by atoms with Crippen molar-refractivity contribution in [3.63, 3.8) is 0 Å². The molecule has 142 valence electrons. The van der Waals surface area contributed by atoms with Gasteiger partial charge in [-0.25, -0.2) is 0 Å². The third-order valence-electron chi connectivity index (χ3n) is 4.00. The van der Waals surface area contributed by atoms with Crippen molar-refractivity contribution in [3.8, 4) is 0 Å². The molecule has 3 atom stereocenters. The SMILES string of the molecule is CC.CC.CC(C(=O)O)C1(CCF)CCCC(C)(O)C1.CCC. The topological polar surface area (TPSA) is 57.5 Å². The second kappa shape index (κ2) is 14.9. The molecule has 2 N–H and O–H groups in total. The van der Waals surface area contributed by atoms with Crippen molar-refractivity contribution >= 4 is 5.97 Å². The van der Waals surface area contributed by atoms with Gasteiger partial charge in [-0.2, -0.15) is 0 Å². The van der Waals surface area contributed by atoms with Crippen LogP contribution in [-0.2, 0) is 4.79 Å². The quantitative estimate of drug-likeness (QED) is 0.677. The lowest BCUT2D eigenvalue weighted by Crippen LogP contribution is -2.45. The predicted molar refractivity (Wildman–Crippen MR) is 97.6 cm³/mol. The molecule has 1 saturated carbocycles. The van der Waals surface area contributed by atoms with Gasteiger partial charge in [0.2, 0.25) is 0 Å². The highest BCUT2D eigenvalue weighted by molar-refractivity contribution is 5.70. The average Bonchev–Trinajstić information content (AvgIpc) is 2.50. The first kappa shape index (κ1) is 27.2. The summed E-state index contributed by atoms with van der Waals surface area (Å²) in [5.41, 5.74) is -1.43. The van der Waals surface area contributed by atoms with Crippen molar-refractivity contribution in [2.24, 2.45) is 11.3 Å². The second-order valence-corrected chi connectivity index (χ2v) is 6.10. The van der Waals surface area contributed by atoms with E-state index in [-0.39, 0.29) is 6.42 Å². The van der Waals surface area contributed by atoms with Gasteiger partial charge < -0.3 is 10.2 Å². The summed E-state index contributed by atoms with van der Waals surface area (Å²) in [7, 11) is 0. The van der Waals surface area contributed by atoms with Gasteiger partial charge in [0, 0.05) is 0 Å². The Labute approximate surface area is 143 Å². The summed E-state index contributed by atoms with van der Waals surface area (Å²) in [6.07, 6.45) is 4.01. The molecular formula is C19H41FO3. The molecule has 1 aliphatic carbocycles. The number of aliphatic hydroxyl groups is 1. The molecule has 4 heteroatoms. The van der Waals surface area contributed by atoms with Crippen LogP contribution >= 0.6 is 0 Å². The molecule has 0 amide bonds. The number of carbonyl (C=O) groups is 1. The molecular weight excluding hydrogens is 295 g/mol. The lowest BCUT2D eigenvalue weighted by atomic mass is 9.61. The Hall–Kier alpha value is -0.640. The molecule has 0 heterocycles. The molecule has 0 bridgehead atoms. The minimum atomic E-state index is -0.897. The Morgan fingerprint density at radius 1 is 1.17 bits per heavy atom. The molecule has 0 aliphatic heterocycles. The van der Waals surface area contributed by atoms with E-state index in [1.807, 2.05) is 27.7 Å². The van der Waals surface area contributed by atoms with Crippen LogP contribution in [0, 0.1) is 11.3 Å². The van der Waals surface area contributed by atoms with Crippen LogP contribution in [0.4, 0.5) is 4.39 Å². The summed E-state index contributed by atoms with van der Waals surface area (Å²) in [5.74, 6) is -1.50. The van der Waals surface area contributed by atoms with Crippen molar-refractivity contribution in [2.75, 3.05) is 6.67 Å². The van der Waals surface area contributed by atoms with Gasteiger partial charge in [0.15, 0.2) is 0 Å². The summed E-state index contributed by atoms with van der Waals surface area (Å²) in [5, 5.41) is 19.1. The summed E-state index contributed by atoms with van der Waals surface area (Å²) >= 11 is 0. The summed E-state index contributed by atoms with van der Waals surface area (Å²) in [4.78, 5) is 11.1. The molecule has 0 aromatic heterocycles. The zero-order valence-electron chi connectivity index (χ0n) is 16.7. The van der Waals surface area contributed by atoms with Gasteiger partial charge in [0.1, 0.15) is 0 Å². The number of carboxylic acid groups (broad SMARTS) is 1. The number of halogens is 1. The van der Waals surface area contributed by atoms with Crippen LogP contribution in [0.2, 0.25) is 0 Å². The fourth-order valence-electron chi connectivity index (χ4n) is 3.01. The van der Waals surface area contributed by atoms with E-state index in [4.69, 9.17) is 5.11 Å². The molecule has 3 unspecified atom stereocenters. The van der Waals surface area contributed by atoms with Gasteiger partial charge in [0.25, 0.3) is 0 Å². The smallest absolute Gasteiger partial charge is 0.306 e. The van der Waals surface area contributed by atoms with Gasteiger partial charge in [-0.15, -0.1) is 0 Å². The van der Waals surface area contributed by atoms with Crippen LogP contribution in [0.25, 0.3) is 0 Å². The van der Waals surface area contributed by atoms with Gasteiger partial charge in [0.05, 0.1) is 18.2 Å². The van der Waals surface area contributed by atoms with Crippen LogP contribution in [0.1, 0.15) is 93.9 Å². The van der Waals surface area contributed by atoms with Crippen LogP contribution < -0.4 is 0 Å². The normalized spacial score (nSPS) is 27.0. The highest BCUT2D eigenvalue weighted by Crippen LogP contribution is 2.49. The van der Waals surface area contributed by atoms with E-state index in [0.717, 1.165) is 6.42 Å². The Morgan fingerprint density at radius 3 is 1.91 bits per heavy atom. The average molecular weight is 337 g/mol. The predicted octanol–water partition coefficient (Wildman–Crippen LogP) is 5.85. The zero-order valence-corrected chi connectivity index (χ0v) is 16.7. The largest absolute Gasteiger partial charge is 0.481 e. The second-order valence-electron chi connectivity index (χ2n) is 6.10. The first-order chi connectivity index (χ1) is 10.7. The maximum absolute atomic E-state index is 12.6. The highest BCUT2D eigenvalue weighted by Gasteiger charge is 2.46. The van der Waals surface area contributed by atoms with Crippen molar-refractivity contribution < 1.29 is 19.4 Å². The zero-order chi connectivity index (χ0) is 19.1. The molecule has 0 aromatic rings. The van der Waals surface area contributed by atoms with Gasteiger partial charge >= 0.3 is 5.97 Å². The van der Waals surface area contributed by atoms with E-state index < -0.39 is 29.6 Å². The Kier molecular flexibility index (Phi) is 17.7. The number of hydrogen-bond acceptors (Lipinski definition) is 2. The Bertz CT molecular complexity index is 276. The number of rotatable bonds is 4. The third kappa shape index (κ3) is 10.7. The van der Waals surface area contributed by atoms with Crippen molar-refractivity contribution in [3.05, 3.63) is 0 Å². The van der Waals surface area contributed by atoms with Crippen molar-refractivity contribution in [1.29, 1.82) is 0 Å². The first-order valence-electron chi connectivity index (χ1n) is 9.26. The molecule has 3 nitrogen and oxygen atoms in total. The highest BCUT2D eigenvalue weighted by atomic mass is 19.1. The van der Waals surface area contributed by atoms with Gasteiger partial charge in [-0.3, -0.25) is 9.18 Å². The maximum Gasteiger partial charge on any atom is 0.306 e. The van der Waals surface area contributed by atoms with E-state index in [1.165, 1.54) is 6.42 Å². The summed E-state index contributed by atoms with van der Waals surface area (Å²) < 4.78 is 12.6. The van der Waals surface area contributed by atoms with Gasteiger partial charge in [-0.05, 0) is 38.0 Å². The minimum Gasteiger partial charge on any atom is -0.481 e. The number of aliphatic carboxylic acids is 1. The fourth-order valence-corrected chi connectivity index (χ4v) is 3.01. The van der Waals surface area contributed by atoms with E-state index in [2.05, 4.69) is 13.8 Å². The van der Waals surface area contributed by atoms with E-state index in [9.17, 15) is 14.3 Å². The lowest BCUT2D eigenvalue weighted by Gasteiger charge is -2.46. The Balaban J connectivity index is -0.000000496. The third-order valence-corrected chi connectivity index (χ3v) is 4.00. The van der Waals surface area contributed by atoms with Gasteiger partial charge in [-0.1, -0.05) is 61.3 Å².